The van der Waals surface area contributed by atoms with E-state index in [2.05, 4.69) is 10.0 Å². The molecule has 21 heavy (non-hydrogen) atoms. The van der Waals surface area contributed by atoms with E-state index in [1.54, 1.807) is 12.1 Å². The fourth-order valence-electron chi connectivity index (χ4n) is 2.37. The zero-order chi connectivity index (χ0) is 15.3. The Kier molecular flexibility index (Phi) is 6.10. The van der Waals surface area contributed by atoms with Crippen LogP contribution in [0.2, 0.25) is 0 Å². The summed E-state index contributed by atoms with van der Waals surface area (Å²) in [6, 6.07) is 5.45. The van der Waals surface area contributed by atoms with Crippen LogP contribution in [0.4, 0.5) is 0 Å². The van der Waals surface area contributed by atoms with Crippen molar-refractivity contribution in [3.8, 4) is 0 Å². The highest BCUT2D eigenvalue weighted by atomic mass is 32.2. The molecule has 6 heteroatoms. The van der Waals surface area contributed by atoms with Gasteiger partial charge in [0.05, 0.1) is 4.90 Å². The van der Waals surface area contributed by atoms with Crippen molar-refractivity contribution in [3.05, 3.63) is 29.3 Å². The third-order valence-corrected chi connectivity index (χ3v) is 6.31. The highest BCUT2D eigenvalue weighted by Crippen LogP contribution is 2.20. The molecule has 0 spiro atoms. The van der Waals surface area contributed by atoms with Crippen molar-refractivity contribution in [3.63, 3.8) is 0 Å². The van der Waals surface area contributed by atoms with E-state index in [0.717, 1.165) is 42.0 Å². The van der Waals surface area contributed by atoms with Gasteiger partial charge >= 0.3 is 0 Å². The van der Waals surface area contributed by atoms with E-state index in [-0.39, 0.29) is 6.04 Å². The molecule has 0 unspecified atom stereocenters. The van der Waals surface area contributed by atoms with Crippen LogP contribution in [0.5, 0.6) is 0 Å². The Balaban J connectivity index is 2.14. The van der Waals surface area contributed by atoms with Gasteiger partial charge in [0.15, 0.2) is 0 Å². The minimum atomic E-state index is -3.41. The Morgan fingerprint density at radius 3 is 2.67 bits per heavy atom. The van der Waals surface area contributed by atoms with Crippen molar-refractivity contribution in [2.45, 2.75) is 44.2 Å². The molecule has 0 radical (unpaired) electrons. The maximum Gasteiger partial charge on any atom is 0.240 e. The van der Waals surface area contributed by atoms with Crippen LogP contribution in [0.25, 0.3) is 0 Å². The first kappa shape index (κ1) is 16.8. The molecule has 0 amide bonds. The third-order valence-electron chi connectivity index (χ3n) is 3.74. The van der Waals surface area contributed by atoms with Gasteiger partial charge in [-0.1, -0.05) is 13.0 Å². The first-order chi connectivity index (χ1) is 10.0. The fraction of sp³-hybridized carbons (Fsp3) is 0.600. The molecule has 2 N–H and O–H groups in total. The number of sulfonamides is 1. The quantitative estimate of drug-likeness (QED) is 0.841. The summed E-state index contributed by atoms with van der Waals surface area (Å²) >= 11 is 1.89. The summed E-state index contributed by atoms with van der Waals surface area (Å²) < 4.78 is 27.9. The van der Waals surface area contributed by atoms with E-state index in [9.17, 15) is 8.42 Å². The lowest BCUT2D eigenvalue weighted by Crippen LogP contribution is -2.37. The second kappa shape index (κ2) is 7.63. The number of nitrogens with one attached hydrogen (secondary N) is 2. The lowest BCUT2D eigenvalue weighted by molar-refractivity contribution is 0.528. The molecule has 1 aliphatic rings. The average molecular weight is 329 g/mol. The Labute approximate surface area is 132 Å². The smallest absolute Gasteiger partial charge is 0.240 e. The van der Waals surface area contributed by atoms with E-state index in [4.69, 9.17) is 0 Å². The zero-order valence-electron chi connectivity index (χ0n) is 12.7. The molecule has 0 saturated carbocycles. The van der Waals surface area contributed by atoms with Crippen LogP contribution >= 0.6 is 11.8 Å². The number of rotatable bonds is 6. The molecule has 0 aliphatic carbocycles. The van der Waals surface area contributed by atoms with E-state index in [1.807, 2.05) is 31.7 Å². The second-order valence-corrected chi connectivity index (χ2v) is 8.32. The van der Waals surface area contributed by atoms with E-state index in [1.165, 1.54) is 0 Å². The van der Waals surface area contributed by atoms with Gasteiger partial charge in [0.25, 0.3) is 0 Å². The van der Waals surface area contributed by atoms with Crippen molar-refractivity contribution in [1.29, 1.82) is 0 Å². The number of thioether (sulfide) groups is 1. The van der Waals surface area contributed by atoms with Crippen molar-refractivity contribution < 1.29 is 8.42 Å². The Bertz CT molecular complexity index is 567. The molecule has 1 saturated heterocycles. The van der Waals surface area contributed by atoms with Crippen molar-refractivity contribution in [2.24, 2.45) is 0 Å². The van der Waals surface area contributed by atoms with Crippen LogP contribution in [0.1, 0.15) is 30.9 Å². The van der Waals surface area contributed by atoms with Crippen molar-refractivity contribution in [2.75, 3.05) is 18.1 Å². The van der Waals surface area contributed by atoms with Crippen LogP contribution in [-0.4, -0.2) is 32.5 Å². The molecular weight excluding hydrogens is 304 g/mol. The highest BCUT2D eigenvalue weighted by molar-refractivity contribution is 7.99. The lowest BCUT2D eigenvalue weighted by atomic mass is 10.1. The average Bonchev–Trinajstić information content (AvgIpc) is 2.47. The van der Waals surface area contributed by atoms with E-state index >= 15 is 0 Å². The predicted molar refractivity (Wildman–Crippen MR) is 89.2 cm³/mol. The van der Waals surface area contributed by atoms with Gasteiger partial charge in [-0.2, -0.15) is 11.8 Å². The Morgan fingerprint density at radius 2 is 2.00 bits per heavy atom. The fourth-order valence-corrected chi connectivity index (χ4v) is 4.83. The zero-order valence-corrected chi connectivity index (χ0v) is 14.3. The van der Waals surface area contributed by atoms with Gasteiger partial charge in [-0.25, -0.2) is 13.1 Å². The summed E-state index contributed by atoms with van der Waals surface area (Å²) in [6.45, 7) is 5.62. The monoisotopic (exact) mass is 328 g/mol. The second-order valence-electron chi connectivity index (χ2n) is 5.38. The SMILES string of the molecule is CCNCc1cc(S(=O)(=O)NC2CCSCC2)ccc1C. The standard InChI is InChI=1S/C15H24N2O2S2/c1-3-16-11-13-10-15(5-4-12(13)2)21(18,19)17-14-6-8-20-9-7-14/h4-5,10,14,16-17H,3,6-9,11H2,1-2H3. The molecule has 1 aromatic carbocycles. The van der Waals surface area contributed by atoms with E-state index in [0.29, 0.717) is 11.4 Å². The number of benzene rings is 1. The molecule has 0 atom stereocenters. The molecule has 1 aromatic rings. The molecule has 4 nitrogen and oxygen atoms in total. The van der Waals surface area contributed by atoms with Gasteiger partial charge in [0.2, 0.25) is 10.0 Å². The van der Waals surface area contributed by atoms with Crippen LogP contribution in [0.3, 0.4) is 0 Å². The topological polar surface area (TPSA) is 58.2 Å². The van der Waals surface area contributed by atoms with Crippen LogP contribution in [0.15, 0.2) is 23.1 Å². The van der Waals surface area contributed by atoms with Crippen LogP contribution in [-0.2, 0) is 16.6 Å². The van der Waals surface area contributed by atoms with Gasteiger partial charge in [-0.3, -0.25) is 0 Å². The molecule has 2 rings (SSSR count). The molecule has 1 heterocycles. The van der Waals surface area contributed by atoms with Gasteiger partial charge in [0, 0.05) is 12.6 Å². The third kappa shape index (κ3) is 4.71. The van der Waals surface area contributed by atoms with Crippen molar-refractivity contribution in [1.82, 2.24) is 10.0 Å². The minimum Gasteiger partial charge on any atom is -0.313 e. The molecule has 118 valence electrons. The molecular formula is C15H24N2O2S2. The summed E-state index contributed by atoms with van der Waals surface area (Å²) in [7, 11) is -3.41. The molecule has 0 aromatic heterocycles. The maximum atomic E-state index is 12.5. The van der Waals surface area contributed by atoms with Gasteiger partial charge < -0.3 is 5.32 Å². The van der Waals surface area contributed by atoms with Gasteiger partial charge in [0.1, 0.15) is 0 Å². The Morgan fingerprint density at radius 1 is 1.29 bits per heavy atom. The number of hydrogen-bond donors (Lipinski definition) is 2. The summed E-state index contributed by atoms with van der Waals surface area (Å²) in [5.41, 5.74) is 2.16. The summed E-state index contributed by atoms with van der Waals surface area (Å²) in [6.07, 6.45) is 1.83. The number of hydrogen-bond acceptors (Lipinski definition) is 4. The number of aryl methyl sites for hydroxylation is 1. The molecule has 0 bridgehead atoms. The first-order valence-electron chi connectivity index (χ1n) is 7.43. The van der Waals surface area contributed by atoms with Crippen molar-refractivity contribution >= 4 is 21.8 Å². The molecule has 1 aliphatic heterocycles. The summed E-state index contributed by atoms with van der Waals surface area (Å²) in [5.74, 6) is 2.07. The van der Waals surface area contributed by atoms with Crippen LogP contribution in [0, 0.1) is 6.92 Å². The van der Waals surface area contributed by atoms with Gasteiger partial charge in [-0.15, -0.1) is 0 Å². The van der Waals surface area contributed by atoms with Gasteiger partial charge in [-0.05, 0) is 61.1 Å². The lowest BCUT2D eigenvalue weighted by Gasteiger charge is -2.22. The maximum absolute atomic E-state index is 12.5. The largest absolute Gasteiger partial charge is 0.313 e. The van der Waals surface area contributed by atoms with E-state index < -0.39 is 10.0 Å². The van der Waals surface area contributed by atoms with Crippen LogP contribution < -0.4 is 10.0 Å². The first-order valence-corrected chi connectivity index (χ1v) is 10.1. The highest BCUT2D eigenvalue weighted by Gasteiger charge is 2.22. The Hall–Kier alpha value is -0.560. The predicted octanol–water partition coefficient (Wildman–Crippen LogP) is 2.28. The minimum absolute atomic E-state index is 0.0785. The normalized spacial score (nSPS) is 17.0. The molecule has 1 fully saturated rings. The summed E-state index contributed by atoms with van der Waals surface area (Å²) in [5, 5.41) is 3.25. The summed E-state index contributed by atoms with van der Waals surface area (Å²) in [4.78, 5) is 0.374.